The monoisotopic (exact) mass is 470 g/mol. The Morgan fingerprint density at radius 1 is 1.24 bits per heavy atom. The molecule has 1 aromatic carbocycles. The van der Waals surface area contributed by atoms with E-state index < -0.39 is 17.7 Å². The molecule has 9 nitrogen and oxygen atoms in total. The van der Waals surface area contributed by atoms with Gasteiger partial charge in [-0.1, -0.05) is 19.0 Å². The first-order chi connectivity index (χ1) is 15.3. The first-order valence-corrected chi connectivity index (χ1v) is 10.2. The zero-order valence-corrected chi connectivity index (χ0v) is 18.3. The molecule has 0 radical (unpaired) electrons. The Labute approximate surface area is 187 Å². The number of carboxylic acid groups (broad SMARTS) is 1. The van der Waals surface area contributed by atoms with E-state index in [-0.39, 0.29) is 42.4 Å². The normalized spacial score (nSPS) is 19.5. The largest absolute Gasteiger partial charge is 0.573 e. The van der Waals surface area contributed by atoms with Gasteiger partial charge in [-0.3, -0.25) is 14.5 Å². The summed E-state index contributed by atoms with van der Waals surface area (Å²) in [5, 5.41) is 15.8. The number of halogens is 3. The highest BCUT2D eigenvalue weighted by Gasteiger charge is 2.36. The van der Waals surface area contributed by atoms with Crippen LogP contribution in [0.1, 0.15) is 45.0 Å². The Kier molecular flexibility index (Phi) is 6.96. The Morgan fingerprint density at radius 3 is 2.52 bits per heavy atom. The maximum absolute atomic E-state index is 12.4. The minimum atomic E-state index is -4.77. The summed E-state index contributed by atoms with van der Waals surface area (Å²) in [4.78, 5) is 29.7. The van der Waals surface area contributed by atoms with E-state index >= 15 is 0 Å². The number of hydrogen-bond donors (Lipinski definition) is 2. The van der Waals surface area contributed by atoms with Crippen molar-refractivity contribution in [3.63, 3.8) is 0 Å². The van der Waals surface area contributed by atoms with Crippen LogP contribution < -0.4 is 10.1 Å². The number of nitrogens with one attached hydrogen (secondary N) is 1. The average molecular weight is 470 g/mol. The number of carboxylic acids is 1. The van der Waals surface area contributed by atoms with Crippen LogP contribution >= 0.6 is 0 Å². The molecule has 2 heterocycles. The van der Waals surface area contributed by atoms with E-state index in [9.17, 15) is 22.8 Å². The molecular formula is C21H25F3N4O5. The molecule has 1 aliphatic heterocycles. The molecule has 0 aliphatic carbocycles. The number of carbonyl (C=O) groups excluding carboxylic acids is 1. The first-order valence-electron chi connectivity index (χ1n) is 10.2. The van der Waals surface area contributed by atoms with Crippen LogP contribution in [0.4, 0.5) is 13.2 Å². The van der Waals surface area contributed by atoms with Gasteiger partial charge in [-0.15, -0.1) is 13.2 Å². The topological polar surface area (TPSA) is 118 Å². The molecule has 2 N–H and O–H groups in total. The lowest BCUT2D eigenvalue weighted by Gasteiger charge is -2.22. The lowest BCUT2D eigenvalue weighted by Crippen LogP contribution is -2.38. The minimum Gasteiger partial charge on any atom is -0.481 e. The summed E-state index contributed by atoms with van der Waals surface area (Å²) in [5.74, 6) is -0.989. The van der Waals surface area contributed by atoms with Gasteiger partial charge in [0.05, 0.1) is 12.5 Å². The van der Waals surface area contributed by atoms with Crippen molar-refractivity contribution in [2.75, 3.05) is 13.6 Å². The smallest absolute Gasteiger partial charge is 0.481 e. The van der Waals surface area contributed by atoms with Crippen molar-refractivity contribution in [3.05, 3.63) is 30.2 Å². The van der Waals surface area contributed by atoms with Gasteiger partial charge in [0, 0.05) is 24.6 Å². The Bertz CT molecular complexity index is 991. The lowest BCUT2D eigenvalue weighted by atomic mass is 9.85. The number of alkyl halides is 3. The standard InChI is InChI=1S/C21H25F3N4O5/c1-20(2,10-17(30)31)9-16(29)25-13-8-15(28(3)11-13)19-26-18(27-33-19)12-4-6-14(7-5-12)32-21(22,23)24/h4-7,13,15H,8-11H2,1-3H3,(H,25,29)(H,30,31). The summed E-state index contributed by atoms with van der Waals surface area (Å²) in [5.41, 5.74) is -0.201. The SMILES string of the molecule is CN1CC(NC(=O)CC(C)(C)CC(=O)O)CC1c1nc(-c2ccc(OC(F)(F)F)cc2)no1. The number of rotatable bonds is 8. The van der Waals surface area contributed by atoms with Gasteiger partial charge in [0.15, 0.2) is 0 Å². The highest BCUT2D eigenvalue weighted by atomic mass is 19.4. The fraction of sp³-hybridized carbons (Fsp3) is 0.524. The maximum atomic E-state index is 12.4. The maximum Gasteiger partial charge on any atom is 0.573 e. The Hall–Kier alpha value is -3.15. The number of aliphatic carboxylic acids is 1. The summed E-state index contributed by atoms with van der Waals surface area (Å²) < 4.78 is 46.1. The minimum absolute atomic E-state index is 0.0862. The van der Waals surface area contributed by atoms with Crippen molar-refractivity contribution < 1.29 is 37.1 Å². The third kappa shape index (κ3) is 6.91. The Morgan fingerprint density at radius 2 is 1.91 bits per heavy atom. The van der Waals surface area contributed by atoms with Crippen molar-refractivity contribution in [2.45, 2.75) is 51.6 Å². The van der Waals surface area contributed by atoms with Crippen molar-refractivity contribution in [1.29, 1.82) is 0 Å². The van der Waals surface area contributed by atoms with Gasteiger partial charge in [0.25, 0.3) is 0 Å². The van der Waals surface area contributed by atoms with Crippen LogP contribution in [0.3, 0.4) is 0 Å². The second-order valence-corrected chi connectivity index (χ2v) is 8.90. The number of benzene rings is 1. The zero-order valence-electron chi connectivity index (χ0n) is 18.3. The zero-order chi connectivity index (χ0) is 24.4. The average Bonchev–Trinajstić information content (AvgIpc) is 3.26. The summed E-state index contributed by atoms with van der Waals surface area (Å²) >= 11 is 0. The van der Waals surface area contributed by atoms with Gasteiger partial charge < -0.3 is 19.7 Å². The third-order valence-corrected chi connectivity index (χ3v) is 5.26. The van der Waals surface area contributed by atoms with E-state index in [0.717, 1.165) is 12.1 Å². The number of likely N-dealkylation sites (N-methyl/N-ethyl adjacent to an activating group) is 1. The number of likely N-dealkylation sites (tertiary alicyclic amines) is 1. The lowest BCUT2D eigenvalue weighted by molar-refractivity contribution is -0.274. The molecule has 2 atom stereocenters. The summed E-state index contributed by atoms with van der Waals surface area (Å²) in [7, 11) is 1.85. The number of ether oxygens (including phenoxy) is 1. The van der Waals surface area contributed by atoms with Crippen LogP contribution in [-0.2, 0) is 9.59 Å². The summed E-state index contributed by atoms with van der Waals surface area (Å²) in [6.45, 7) is 4.00. The molecule has 1 amide bonds. The van der Waals surface area contributed by atoms with Crippen molar-refractivity contribution in [3.8, 4) is 17.1 Å². The second kappa shape index (κ2) is 9.38. The number of amides is 1. The van der Waals surface area contributed by atoms with Crippen LogP contribution in [0.15, 0.2) is 28.8 Å². The molecule has 2 unspecified atom stereocenters. The molecule has 1 aliphatic rings. The van der Waals surface area contributed by atoms with Crippen LogP contribution in [0.5, 0.6) is 5.75 Å². The molecule has 180 valence electrons. The van der Waals surface area contributed by atoms with Crippen molar-refractivity contribution in [1.82, 2.24) is 20.4 Å². The number of carbonyl (C=O) groups is 2. The summed E-state index contributed by atoms with van der Waals surface area (Å²) in [6.07, 6.45) is -4.28. The summed E-state index contributed by atoms with van der Waals surface area (Å²) in [6, 6.07) is 4.70. The molecule has 1 aromatic heterocycles. The molecule has 33 heavy (non-hydrogen) atoms. The molecule has 0 saturated carbocycles. The highest BCUT2D eigenvalue weighted by Crippen LogP contribution is 2.32. The van der Waals surface area contributed by atoms with Crippen LogP contribution in [0.2, 0.25) is 0 Å². The second-order valence-electron chi connectivity index (χ2n) is 8.90. The molecule has 12 heteroatoms. The van der Waals surface area contributed by atoms with Gasteiger partial charge >= 0.3 is 12.3 Å². The quantitative estimate of drug-likeness (QED) is 0.603. The van der Waals surface area contributed by atoms with Crippen LogP contribution in [0, 0.1) is 5.41 Å². The van der Waals surface area contributed by atoms with Gasteiger partial charge in [-0.05, 0) is 43.1 Å². The van der Waals surface area contributed by atoms with Crippen molar-refractivity contribution in [2.24, 2.45) is 5.41 Å². The van der Waals surface area contributed by atoms with E-state index in [1.807, 2.05) is 11.9 Å². The molecular weight excluding hydrogens is 445 g/mol. The predicted octanol–water partition coefficient (Wildman–Crippen LogP) is 3.39. The van der Waals surface area contributed by atoms with E-state index in [1.54, 1.807) is 13.8 Å². The van der Waals surface area contributed by atoms with Gasteiger partial charge in [0.2, 0.25) is 17.6 Å². The fourth-order valence-electron chi connectivity index (χ4n) is 3.87. The fourth-order valence-corrected chi connectivity index (χ4v) is 3.87. The predicted molar refractivity (Wildman–Crippen MR) is 109 cm³/mol. The number of hydrogen-bond acceptors (Lipinski definition) is 7. The molecule has 1 fully saturated rings. The molecule has 0 bridgehead atoms. The molecule has 2 aromatic rings. The molecule has 0 spiro atoms. The van der Waals surface area contributed by atoms with Crippen molar-refractivity contribution >= 4 is 11.9 Å². The van der Waals surface area contributed by atoms with E-state index in [1.165, 1.54) is 12.1 Å². The van der Waals surface area contributed by atoms with E-state index in [4.69, 9.17) is 9.63 Å². The molecule has 1 saturated heterocycles. The van der Waals surface area contributed by atoms with E-state index in [0.29, 0.717) is 24.4 Å². The van der Waals surface area contributed by atoms with Gasteiger partial charge in [0.1, 0.15) is 5.75 Å². The van der Waals surface area contributed by atoms with Gasteiger partial charge in [-0.2, -0.15) is 4.98 Å². The van der Waals surface area contributed by atoms with Crippen LogP contribution in [0.25, 0.3) is 11.4 Å². The third-order valence-electron chi connectivity index (χ3n) is 5.26. The molecule has 3 rings (SSSR count). The number of nitrogens with zero attached hydrogens (tertiary/aromatic N) is 3. The Balaban J connectivity index is 1.60. The van der Waals surface area contributed by atoms with Gasteiger partial charge in [-0.25, -0.2) is 0 Å². The number of aromatic nitrogens is 2. The highest BCUT2D eigenvalue weighted by molar-refractivity contribution is 5.78. The van der Waals surface area contributed by atoms with Crippen LogP contribution in [-0.4, -0.2) is 58.0 Å². The first kappa shape index (κ1) is 24.5. The van der Waals surface area contributed by atoms with E-state index in [2.05, 4.69) is 20.2 Å².